The molecule has 4 heteroatoms. The summed E-state index contributed by atoms with van der Waals surface area (Å²) in [5.41, 5.74) is 2.18. The van der Waals surface area contributed by atoms with Crippen LogP contribution < -0.4 is 0 Å². The fourth-order valence-electron chi connectivity index (χ4n) is 2.70. The van der Waals surface area contributed by atoms with Crippen LogP contribution in [0, 0.1) is 0 Å². The lowest BCUT2D eigenvalue weighted by Gasteiger charge is -2.29. The van der Waals surface area contributed by atoms with E-state index in [0.717, 1.165) is 34.2 Å². The van der Waals surface area contributed by atoms with Gasteiger partial charge in [0.25, 0.3) is 0 Å². The maximum absolute atomic E-state index is 6.33. The molecular formula is C15H20BrClN2. The van der Waals surface area contributed by atoms with Gasteiger partial charge in [0.15, 0.2) is 0 Å². The molecule has 1 aromatic heterocycles. The minimum absolute atomic E-state index is 0.0236. The van der Waals surface area contributed by atoms with Crippen LogP contribution >= 0.6 is 27.5 Å². The zero-order chi connectivity index (χ0) is 14.2. The van der Waals surface area contributed by atoms with Crippen LogP contribution in [0.25, 0.3) is 11.0 Å². The van der Waals surface area contributed by atoms with Crippen LogP contribution in [0.4, 0.5) is 0 Å². The minimum atomic E-state index is -0.0951. The number of imidazole rings is 1. The molecule has 19 heavy (non-hydrogen) atoms. The van der Waals surface area contributed by atoms with Crippen LogP contribution in [0.3, 0.4) is 0 Å². The zero-order valence-electron chi connectivity index (χ0n) is 11.9. The van der Waals surface area contributed by atoms with E-state index in [1.54, 1.807) is 0 Å². The monoisotopic (exact) mass is 342 g/mol. The van der Waals surface area contributed by atoms with Crippen molar-refractivity contribution in [1.29, 1.82) is 0 Å². The highest BCUT2D eigenvalue weighted by molar-refractivity contribution is 9.10. The van der Waals surface area contributed by atoms with Crippen molar-refractivity contribution in [3.8, 4) is 0 Å². The lowest BCUT2D eigenvalue weighted by molar-refractivity contribution is 0.323. The molecule has 0 aliphatic heterocycles. The average Bonchev–Trinajstić information content (AvgIpc) is 2.67. The third-order valence-corrected chi connectivity index (χ3v) is 4.15. The standard InChI is InChI=1S/C15H20BrClN2/c1-5-8-15(3,4)19-13-7-6-11(16)9-12(13)18-14(19)10(2)17/h6-7,9-10H,5,8H2,1-4H3. The second kappa shape index (κ2) is 5.45. The number of hydrogen-bond donors (Lipinski definition) is 0. The highest BCUT2D eigenvalue weighted by atomic mass is 79.9. The average molecular weight is 344 g/mol. The number of rotatable bonds is 4. The maximum Gasteiger partial charge on any atom is 0.128 e. The number of aromatic nitrogens is 2. The molecule has 0 bridgehead atoms. The summed E-state index contributed by atoms with van der Waals surface area (Å²) in [6, 6.07) is 6.23. The van der Waals surface area contributed by atoms with Crippen LogP contribution in [0.1, 0.15) is 51.7 Å². The first-order chi connectivity index (χ1) is 8.86. The van der Waals surface area contributed by atoms with Gasteiger partial charge in [-0.2, -0.15) is 0 Å². The van der Waals surface area contributed by atoms with Crippen molar-refractivity contribution in [2.24, 2.45) is 0 Å². The van der Waals surface area contributed by atoms with Gasteiger partial charge in [-0.05, 0) is 45.4 Å². The van der Waals surface area contributed by atoms with Crippen LogP contribution in [-0.4, -0.2) is 9.55 Å². The molecule has 1 atom stereocenters. The quantitative estimate of drug-likeness (QED) is 0.657. The SMILES string of the molecule is CCCC(C)(C)n1c(C(C)Cl)nc2cc(Br)ccc21. The summed E-state index contributed by atoms with van der Waals surface area (Å²) in [6.07, 6.45) is 2.24. The summed E-state index contributed by atoms with van der Waals surface area (Å²) in [7, 11) is 0. The van der Waals surface area contributed by atoms with Crippen molar-refractivity contribution in [2.45, 2.75) is 51.5 Å². The molecule has 0 saturated heterocycles. The van der Waals surface area contributed by atoms with Crippen molar-refractivity contribution in [3.05, 3.63) is 28.5 Å². The fraction of sp³-hybridized carbons (Fsp3) is 0.533. The summed E-state index contributed by atoms with van der Waals surface area (Å²) in [4.78, 5) is 4.72. The first-order valence-electron chi connectivity index (χ1n) is 6.69. The van der Waals surface area contributed by atoms with Gasteiger partial charge in [0, 0.05) is 10.0 Å². The van der Waals surface area contributed by atoms with Gasteiger partial charge in [-0.3, -0.25) is 0 Å². The Labute approximate surface area is 128 Å². The molecule has 0 N–H and O–H groups in total. The van der Waals surface area contributed by atoms with Gasteiger partial charge < -0.3 is 4.57 Å². The van der Waals surface area contributed by atoms with Crippen LogP contribution in [0.15, 0.2) is 22.7 Å². The summed E-state index contributed by atoms with van der Waals surface area (Å²) < 4.78 is 3.35. The van der Waals surface area contributed by atoms with Gasteiger partial charge in [-0.1, -0.05) is 29.3 Å². The largest absolute Gasteiger partial charge is 0.321 e. The van der Waals surface area contributed by atoms with E-state index in [1.807, 2.05) is 6.92 Å². The molecule has 1 heterocycles. The summed E-state index contributed by atoms with van der Waals surface area (Å²) in [5.74, 6) is 0.952. The molecule has 0 saturated carbocycles. The molecule has 104 valence electrons. The Hall–Kier alpha value is -0.540. The molecule has 2 aromatic rings. The fourth-order valence-corrected chi connectivity index (χ4v) is 3.19. The van der Waals surface area contributed by atoms with Gasteiger partial charge in [0.2, 0.25) is 0 Å². The van der Waals surface area contributed by atoms with Gasteiger partial charge in [0.1, 0.15) is 5.82 Å². The Morgan fingerprint density at radius 1 is 1.42 bits per heavy atom. The predicted octanol–water partition coefficient (Wildman–Crippen LogP) is 5.63. The molecule has 2 rings (SSSR count). The molecular weight excluding hydrogens is 324 g/mol. The molecule has 1 unspecified atom stereocenters. The van der Waals surface area contributed by atoms with Gasteiger partial charge in [0.05, 0.1) is 16.4 Å². The molecule has 0 amide bonds. The van der Waals surface area contributed by atoms with Crippen LogP contribution in [0.2, 0.25) is 0 Å². The van der Waals surface area contributed by atoms with E-state index < -0.39 is 0 Å². The van der Waals surface area contributed by atoms with Gasteiger partial charge >= 0.3 is 0 Å². The van der Waals surface area contributed by atoms with Crippen molar-refractivity contribution in [1.82, 2.24) is 9.55 Å². The molecule has 0 aliphatic rings. The molecule has 0 aliphatic carbocycles. The number of halogens is 2. The normalized spacial score (nSPS) is 14.0. The topological polar surface area (TPSA) is 17.8 Å². The molecule has 0 spiro atoms. The summed E-state index contributed by atoms with van der Waals surface area (Å²) in [5, 5.41) is -0.0951. The first-order valence-corrected chi connectivity index (χ1v) is 7.92. The van der Waals surface area contributed by atoms with E-state index >= 15 is 0 Å². The number of alkyl halides is 1. The minimum Gasteiger partial charge on any atom is -0.321 e. The summed E-state index contributed by atoms with van der Waals surface area (Å²) >= 11 is 9.83. The number of benzene rings is 1. The Bertz CT molecular complexity index is 587. The first kappa shape index (κ1) is 14.9. The Morgan fingerprint density at radius 3 is 2.68 bits per heavy atom. The third kappa shape index (κ3) is 2.82. The predicted molar refractivity (Wildman–Crippen MR) is 85.9 cm³/mol. The van der Waals surface area contributed by atoms with E-state index in [-0.39, 0.29) is 10.9 Å². The second-order valence-corrected chi connectivity index (χ2v) is 7.19. The van der Waals surface area contributed by atoms with E-state index in [4.69, 9.17) is 16.6 Å². The highest BCUT2D eigenvalue weighted by Crippen LogP contribution is 2.34. The highest BCUT2D eigenvalue weighted by Gasteiger charge is 2.26. The van der Waals surface area contributed by atoms with Crippen molar-refractivity contribution >= 4 is 38.6 Å². The number of nitrogens with zero attached hydrogens (tertiary/aromatic N) is 2. The lowest BCUT2D eigenvalue weighted by atomic mass is 9.97. The summed E-state index contributed by atoms with van der Waals surface area (Å²) in [6.45, 7) is 8.70. The van der Waals surface area contributed by atoms with E-state index in [1.165, 1.54) is 0 Å². The molecule has 0 fully saturated rings. The lowest BCUT2D eigenvalue weighted by Crippen LogP contribution is -2.28. The van der Waals surface area contributed by atoms with Crippen molar-refractivity contribution in [3.63, 3.8) is 0 Å². The Kier molecular flexibility index (Phi) is 4.26. The smallest absolute Gasteiger partial charge is 0.128 e. The third-order valence-electron chi connectivity index (χ3n) is 3.47. The Balaban J connectivity index is 2.72. The number of hydrogen-bond acceptors (Lipinski definition) is 1. The second-order valence-electron chi connectivity index (χ2n) is 5.62. The molecule has 0 radical (unpaired) electrons. The van der Waals surface area contributed by atoms with E-state index in [0.29, 0.717) is 0 Å². The van der Waals surface area contributed by atoms with Gasteiger partial charge in [-0.15, -0.1) is 11.6 Å². The van der Waals surface area contributed by atoms with E-state index in [2.05, 4.69) is 59.5 Å². The zero-order valence-corrected chi connectivity index (χ0v) is 14.2. The van der Waals surface area contributed by atoms with Crippen LogP contribution in [-0.2, 0) is 5.54 Å². The molecule has 1 aromatic carbocycles. The molecule has 2 nitrogen and oxygen atoms in total. The van der Waals surface area contributed by atoms with E-state index in [9.17, 15) is 0 Å². The Morgan fingerprint density at radius 2 is 2.11 bits per heavy atom. The maximum atomic E-state index is 6.33. The van der Waals surface area contributed by atoms with Crippen LogP contribution in [0.5, 0.6) is 0 Å². The van der Waals surface area contributed by atoms with Crippen molar-refractivity contribution in [2.75, 3.05) is 0 Å². The van der Waals surface area contributed by atoms with Gasteiger partial charge in [-0.25, -0.2) is 4.98 Å². The van der Waals surface area contributed by atoms with Crippen molar-refractivity contribution < 1.29 is 0 Å². The number of fused-ring (bicyclic) bond motifs is 1.